The second kappa shape index (κ2) is 8.77. The predicted molar refractivity (Wildman–Crippen MR) is 131 cm³/mol. The first-order valence-electron chi connectivity index (χ1n) is 14.4. The van der Waals surface area contributed by atoms with Crippen LogP contribution in [-0.2, 0) is 28.6 Å². The lowest BCUT2D eigenvalue weighted by Gasteiger charge is -2.26. The van der Waals surface area contributed by atoms with Crippen LogP contribution in [0.3, 0.4) is 0 Å². The zero-order valence-electron chi connectivity index (χ0n) is 25.3. The Kier molecular flexibility index (Phi) is 4.74. The van der Waals surface area contributed by atoms with Crippen LogP contribution in [0.15, 0.2) is 36.4 Å². The van der Waals surface area contributed by atoms with Crippen molar-refractivity contribution in [2.45, 2.75) is 76.1 Å². The monoisotopic (exact) mass is 522 g/mol. The van der Waals surface area contributed by atoms with E-state index in [4.69, 9.17) is 6.85 Å². The van der Waals surface area contributed by atoms with E-state index in [0.29, 0.717) is 23.8 Å². The molecular formula is C28H30F3NO5. The molecule has 1 saturated carbocycles. The van der Waals surface area contributed by atoms with Crippen LogP contribution in [0.4, 0.5) is 13.2 Å². The van der Waals surface area contributed by atoms with Crippen LogP contribution in [0.2, 0.25) is 0 Å². The van der Waals surface area contributed by atoms with Gasteiger partial charge in [-0.05, 0) is 60.7 Å². The normalized spacial score (nSPS) is 22.3. The number of nitrogens with zero attached hydrogens (tertiary/aromatic N) is 1. The Bertz CT molecular complexity index is 1550. The van der Waals surface area contributed by atoms with Gasteiger partial charge in [0.15, 0.2) is 11.5 Å². The Morgan fingerprint density at radius 2 is 1.97 bits per heavy atom. The Morgan fingerprint density at radius 3 is 2.62 bits per heavy atom. The highest BCUT2D eigenvalue weighted by molar-refractivity contribution is 5.95. The van der Waals surface area contributed by atoms with Gasteiger partial charge in [-0.1, -0.05) is 26.8 Å². The molecule has 0 bridgehead atoms. The number of aromatic nitrogens is 1. The Hall–Kier alpha value is -3.04. The highest BCUT2D eigenvalue weighted by Gasteiger charge is 2.52. The fourth-order valence-electron chi connectivity index (χ4n) is 4.92. The van der Waals surface area contributed by atoms with Crippen LogP contribution >= 0.6 is 0 Å². The summed E-state index contributed by atoms with van der Waals surface area (Å²) >= 11 is 0. The van der Waals surface area contributed by atoms with Gasteiger partial charge in [0.1, 0.15) is 11.6 Å². The first kappa shape index (κ1) is 20.0. The highest BCUT2D eigenvalue weighted by atomic mass is 19.3. The number of halogens is 3. The number of ketones is 1. The molecule has 1 fully saturated rings. The molecule has 0 radical (unpaired) electrons. The van der Waals surface area contributed by atoms with Gasteiger partial charge in [0.05, 0.1) is 30.2 Å². The van der Waals surface area contributed by atoms with Crippen molar-refractivity contribution < 1.29 is 44.5 Å². The third-order valence-corrected chi connectivity index (χ3v) is 7.27. The van der Waals surface area contributed by atoms with Crippen molar-refractivity contribution in [1.29, 1.82) is 0 Å². The maximum absolute atomic E-state index is 15.5. The zero-order chi connectivity index (χ0) is 31.0. The van der Waals surface area contributed by atoms with Crippen LogP contribution in [0.5, 0.6) is 11.5 Å². The maximum Gasteiger partial charge on any atom is 0.586 e. The molecule has 9 heteroatoms. The van der Waals surface area contributed by atoms with E-state index in [1.807, 2.05) is 0 Å². The molecule has 3 aromatic rings. The van der Waals surface area contributed by atoms with Crippen molar-refractivity contribution in [3.63, 3.8) is 0 Å². The molecule has 1 aromatic heterocycles. The predicted octanol–water partition coefficient (Wildman–Crippen LogP) is 4.99. The minimum atomic E-state index is -3.81. The highest BCUT2D eigenvalue weighted by Crippen LogP contribution is 2.52. The van der Waals surface area contributed by atoms with E-state index < -0.39 is 48.9 Å². The minimum absolute atomic E-state index is 0.00699. The van der Waals surface area contributed by atoms with Gasteiger partial charge in [-0.15, -0.1) is 8.78 Å². The van der Waals surface area contributed by atoms with E-state index in [-0.39, 0.29) is 47.0 Å². The lowest BCUT2D eigenvalue weighted by atomic mass is 9.86. The molecular weight excluding hydrogens is 487 g/mol. The van der Waals surface area contributed by atoms with Crippen molar-refractivity contribution in [1.82, 2.24) is 4.57 Å². The Morgan fingerprint density at radius 1 is 1.24 bits per heavy atom. The van der Waals surface area contributed by atoms with Crippen LogP contribution < -0.4 is 9.47 Å². The summed E-state index contributed by atoms with van der Waals surface area (Å²) in [6.45, 7) is -1.50. The molecule has 2 heterocycles. The minimum Gasteiger partial charge on any atom is -0.395 e. The summed E-state index contributed by atoms with van der Waals surface area (Å²) < 4.78 is 94.0. The summed E-state index contributed by atoms with van der Waals surface area (Å²) in [5.74, 6) is -1.48. The average Bonchev–Trinajstić information content (AvgIpc) is 3.53. The Labute approximate surface area is 219 Å². The SMILES string of the molecule is [2H]C([2H])([2H])C(C)(c1cc2cc(CC(=O)C3(c4ccc5c(c4)OC(F)(F)O5)CC3)c(F)cc2n1C[C@@H](O)CO)C([2H])([2H])C. The van der Waals surface area contributed by atoms with Gasteiger partial charge >= 0.3 is 6.29 Å². The first-order valence-corrected chi connectivity index (χ1v) is 11.9. The number of ether oxygens (including phenoxy) is 2. The van der Waals surface area contributed by atoms with Crippen LogP contribution in [0.1, 0.15) is 63.6 Å². The summed E-state index contributed by atoms with van der Waals surface area (Å²) in [6, 6.07) is 8.01. The molecule has 0 amide bonds. The fraction of sp³-hybridized carbons (Fsp3) is 0.464. The number of carbonyl (C=O) groups excluding carboxylic acids is 1. The van der Waals surface area contributed by atoms with Crippen molar-refractivity contribution >= 4 is 16.7 Å². The number of benzene rings is 2. The molecule has 5 rings (SSSR count). The fourth-order valence-corrected chi connectivity index (χ4v) is 4.92. The summed E-state index contributed by atoms with van der Waals surface area (Å²) in [5.41, 5.74) is -2.54. The topological polar surface area (TPSA) is 80.9 Å². The number of hydrogen-bond donors (Lipinski definition) is 2. The number of alkyl halides is 2. The number of Topliss-reactive ketones (excluding diaryl/α,β-unsaturated/α-hetero) is 1. The van der Waals surface area contributed by atoms with Crippen molar-refractivity contribution in [2.24, 2.45) is 0 Å². The van der Waals surface area contributed by atoms with E-state index in [9.17, 15) is 23.8 Å². The van der Waals surface area contributed by atoms with E-state index in [2.05, 4.69) is 9.47 Å². The summed E-state index contributed by atoms with van der Waals surface area (Å²) in [6.07, 6.45) is -6.95. The van der Waals surface area contributed by atoms with Crippen LogP contribution in [0.25, 0.3) is 10.9 Å². The van der Waals surface area contributed by atoms with Gasteiger partial charge in [0.2, 0.25) is 0 Å². The molecule has 0 spiro atoms. The number of aliphatic hydroxyl groups excluding tert-OH is 2. The van der Waals surface area contributed by atoms with Gasteiger partial charge in [-0.25, -0.2) is 4.39 Å². The lowest BCUT2D eigenvalue weighted by molar-refractivity contribution is -0.286. The van der Waals surface area contributed by atoms with Gasteiger partial charge in [0.25, 0.3) is 0 Å². The molecule has 1 unspecified atom stereocenters. The number of fused-ring (bicyclic) bond motifs is 2. The maximum atomic E-state index is 15.5. The Balaban J connectivity index is 1.54. The zero-order valence-corrected chi connectivity index (χ0v) is 20.3. The second-order valence-corrected chi connectivity index (χ2v) is 9.87. The van der Waals surface area contributed by atoms with Crippen molar-refractivity contribution in [3.05, 3.63) is 59.0 Å². The van der Waals surface area contributed by atoms with Gasteiger partial charge in [-0.2, -0.15) is 0 Å². The first-order chi connectivity index (χ1) is 19.3. The molecule has 198 valence electrons. The van der Waals surface area contributed by atoms with E-state index in [1.165, 1.54) is 41.8 Å². The lowest BCUT2D eigenvalue weighted by Crippen LogP contribution is -2.26. The van der Waals surface area contributed by atoms with Gasteiger partial charge < -0.3 is 24.3 Å². The molecule has 2 aliphatic rings. The average molecular weight is 523 g/mol. The molecule has 1 aliphatic heterocycles. The third-order valence-electron chi connectivity index (χ3n) is 7.27. The van der Waals surface area contributed by atoms with E-state index in [1.54, 1.807) is 0 Å². The van der Waals surface area contributed by atoms with Crippen molar-refractivity contribution in [3.8, 4) is 11.5 Å². The molecule has 37 heavy (non-hydrogen) atoms. The molecule has 2 N–H and O–H groups in total. The standard InChI is InChI=1S/C28H30F3NO5/c1-4-26(2,3)24-10-17-9-16(20(29)13-21(17)32(24)14-19(34)15-33)11-25(35)27(7-8-27)18-5-6-22-23(12-18)37-28(30,31)36-22/h5-6,9-10,12-13,19,33-34H,4,7-8,11,14-15H2,1-3H3/t19-/m1/s1/i2D3,4D2/t19-,26?. The molecule has 6 nitrogen and oxygen atoms in total. The summed E-state index contributed by atoms with van der Waals surface area (Å²) in [4.78, 5) is 13.5. The largest absolute Gasteiger partial charge is 0.586 e. The molecule has 1 aliphatic carbocycles. The van der Waals surface area contributed by atoms with E-state index in [0.717, 1.165) is 13.0 Å². The van der Waals surface area contributed by atoms with Crippen molar-refractivity contribution in [2.75, 3.05) is 6.61 Å². The number of carbonyl (C=O) groups is 1. The molecule has 0 saturated heterocycles. The third kappa shape index (κ3) is 4.48. The van der Waals surface area contributed by atoms with Gasteiger partial charge in [0, 0.05) is 29.8 Å². The summed E-state index contributed by atoms with van der Waals surface area (Å²) in [5, 5.41) is 20.0. The molecule has 2 atom stereocenters. The number of hydrogen-bond acceptors (Lipinski definition) is 5. The quantitative estimate of drug-likeness (QED) is 0.414. The second-order valence-electron chi connectivity index (χ2n) is 9.87. The number of rotatable bonds is 9. The summed E-state index contributed by atoms with van der Waals surface area (Å²) in [7, 11) is 0. The number of aliphatic hydroxyl groups is 2. The molecule has 2 aromatic carbocycles. The van der Waals surface area contributed by atoms with Crippen LogP contribution in [0, 0.1) is 5.82 Å². The smallest absolute Gasteiger partial charge is 0.395 e. The van der Waals surface area contributed by atoms with Crippen LogP contribution in [-0.4, -0.2) is 39.6 Å². The van der Waals surface area contributed by atoms with Gasteiger partial charge in [-0.3, -0.25) is 4.79 Å². The van der Waals surface area contributed by atoms with E-state index >= 15 is 4.39 Å².